The number of carbonyl (C=O) groups is 1. The number of hydrogen-bond acceptors (Lipinski definition) is 6. The first-order valence-corrected chi connectivity index (χ1v) is 9.00. The van der Waals surface area contributed by atoms with Gasteiger partial charge < -0.3 is 14.6 Å². The minimum Gasteiger partial charge on any atom is -0.462 e. The van der Waals surface area contributed by atoms with Gasteiger partial charge in [-0.2, -0.15) is 30.4 Å². The van der Waals surface area contributed by atoms with Crippen molar-refractivity contribution in [2.24, 2.45) is 0 Å². The minimum atomic E-state index is -7.02. The summed E-state index contributed by atoms with van der Waals surface area (Å²) in [6.07, 6.45) is -8.22. The molecule has 24 heavy (non-hydrogen) atoms. The minimum absolute atomic E-state index is 0.665. The molecule has 1 atom stereocenters. The average molecular weight is 416 g/mol. The number of carbonyl (C=O) groups excluding carboxylic acids is 1. The second-order valence-corrected chi connectivity index (χ2v) is 8.76. The van der Waals surface area contributed by atoms with Crippen LogP contribution < -0.4 is 0 Å². The van der Waals surface area contributed by atoms with Crippen molar-refractivity contribution in [3.05, 3.63) is 0 Å². The monoisotopic (exact) mass is 416 g/mol. The van der Waals surface area contributed by atoms with Crippen molar-refractivity contribution >= 4 is 25.0 Å². The van der Waals surface area contributed by atoms with Gasteiger partial charge in [-0.1, -0.05) is 0 Å². The molecule has 0 aliphatic heterocycles. The number of aliphatic hydroxyl groups is 1. The zero-order chi connectivity index (χ0) is 19.6. The van der Waals surface area contributed by atoms with Crippen LogP contribution in [0.1, 0.15) is 13.3 Å². The number of hydrogen-bond donors (Lipinski definition) is 2. The second-order valence-electron chi connectivity index (χ2n) is 3.95. The molecular formula is C8H11F7O7S2. The van der Waals surface area contributed by atoms with Gasteiger partial charge in [-0.25, -0.2) is 4.79 Å². The molecule has 0 aromatic heterocycles. The van der Waals surface area contributed by atoms with Gasteiger partial charge >= 0.3 is 32.3 Å². The Morgan fingerprint density at radius 1 is 1.12 bits per heavy atom. The summed E-state index contributed by atoms with van der Waals surface area (Å²) in [4.78, 5) is 11.0. The van der Waals surface area contributed by atoms with Gasteiger partial charge in [0, 0.05) is 6.42 Å². The maximum Gasteiger partial charge on any atom is 0.455 e. The highest BCUT2D eigenvalue weighted by molar-refractivity contribution is 8.84. The van der Waals surface area contributed by atoms with Gasteiger partial charge in [0.05, 0.1) is 13.2 Å². The first-order valence-electron chi connectivity index (χ1n) is 5.61. The first-order chi connectivity index (χ1) is 10.4. The van der Waals surface area contributed by atoms with Crippen LogP contribution >= 0.6 is 9.83 Å². The molecule has 0 aromatic rings. The molecule has 0 heterocycles. The average Bonchev–Trinajstić information content (AvgIpc) is 2.35. The van der Waals surface area contributed by atoms with Crippen LogP contribution in [0.5, 0.6) is 0 Å². The highest BCUT2D eigenvalue weighted by atomic mass is 33.2. The summed E-state index contributed by atoms with van der Waals surface area (Å²) >= 11 is 0. The van der Waals surface area contributed by atoms with Crippen LogP contribution in [-0.2, 0) is 23.4 Å². The van der Waals surface area contributed by atoms with Gasteiger partial charge in [0.25, 0.3) is 9.83 Å². The summed E-state index contributed by atoms with van der Waals surface area (Å²) in [6.45, 7) is -1.64. The molecule has 0 fully saturated rings. The Bertz CT molecular complexity index is 562. The van der Waals surface area contributed by atoms with E-state index in [1.54, 1.807) is 0 Å². The Morgan fingerprint density at radius 2 is 1.58 bits per heavy atom. The van der Waals surface area contributed by atoms with E-state index in [1.807, 2.05) is 0 Å². The standard InChI is InChI=1S/C8H11F7O7S2/c1-2-21-5(16)7(17,8(11,12)13)22-4-3-6(9,10)23(14,15)24(18,19)20/h17H,2-4H2,1H3,(H,18,19,20). The molecule has 0 rings (SSSR count). The zero-order valence-corrected chi connectivity index (χ0v) is 13.2. The van der Waals surface area contributed by atoms with Crippen molar-refractivity contribution < 1.29 is 62.1 Å². The number of halogens is 7. The quantitative estimate of drug-likeness (QED) is 0.205. The summed E-state index contributed by atoms with van der Waals surface area (Å²) in [5, 5.41) is 3.61. The molecule has 16 heteroatoms. The number of alkyl halides is 5. The van der Waals surface area contributed by atoms with Crippen molar-refractivity contribution in [2.75, 3.05) is 13.2 Å². The number of rotatable bonds is 8. The van der Waals surface area contributed by atoms with Gasteiger partial charge in [0.15, 0.2) is 0 Å². The van der Waals surface area contributed by atoms with Crippen molar-refractivity contribution in [3.63, 3.8) is 0 Å². The maximum absolute atomic E-state index is 13.1. The fraction of sp³-hybridized carbons (Fsp3) is 0.875. The van der Waals surface area contributed by atoms with Crippen LogP contribution in [0, 0.1) is 0 Å². The summed E-state index contributed by atoms with van der Waals surface area (Å²) < 4.78 is 126. The van der Waals surface area contributed by atoms with Crippen molar-refractivity contribution in [1.29, 1.82) is 0 Å². The van der Waals surface area contributed by atoms with E-state index in [0.717, 1.165) is 6.92 Å². The lowest BCUT2D eigenvalue weighted by atomic mass is 10.2. The van der Waals surface area contributed by atoms with Gasteiger partial charge in [-0.3, -0.25) is 4.55 Å². The Balaban J connectivity index is 5.26. The van der Waals surface area contributed by atoms with Crippen LogP contribution in [0.2, 0.25) is 0 Å². The molecular weight excluding hydrogens is 405 g/mol. The molecule has 0 amide bonds. The van der Waals surface area contributed by atoms with Crippen molar-refractivity contribution in [2.45, 2.75) is 30.6 Å². The van der Waals surface area contributed by atoms with Crippen molar-refractivity contribution in [3.8, 4) is 0 Å². The molecule has 0 aliphatic rings. The Morgan fingerprint density at radius 3 is 1.92 bits per heavy atom. The predicted molar refractivity (Wildman–Crippen MR) is 64.5 cm³/mol. The molecule has 7 nitrogen and oxygen atoms in total. The van der Waals surface area contributed by atoms with E-state index in [2.05, 4.69) is 9.47 Å². The number of ether oxygens (including phenoxy) is 2. The summed E-state index contributed by atoms with van der Waals surface area (Å²) in [5.41, 5.74) is 0. The summed E-state index contributed by atoms with van der Waals surface area (Å²) in [6, 6.07) is 0. The molecule has 2 N–H and O–H groups in total. The fourth-order valence-electron chi connectivity index (χ4n) is 1.08. The van der Waals surface area contributed by atoms with Crippen LogP contribution in [0.4, 0.5) is 29.7 Å². The van der Waals surface area contributed by atoms with E-state index in [1.165, 1.54) is 0 Å². The number of esters is 1. The van der Waals surface area contributed by atoms with E-state index in [4.69, 9.17) is 9.66 Å². The lowest BCUT2D eigenvalue weighted by molar-refractivity contribution is -0.354. The molecule has 0 bridgehead atoms. The predicted octanol–water partition coefficient (Wildman–Crippen LogP) is 2.18. The van der Waals surface area contributed by atoms with Gasteiger partial charge in [-0.05, 0) is 6.92 Å². The van der Waals surface area contributed by atoms with Crippen LogP contribution in [0.3, 0.4) is 0 Å². The third-order valence-electron chi connectivity index (χ3n) is 2.25. The van der Waals surface area contributed by atoms with Crippen LogP contribution in [0.15, 0.2) is 0 Å². The lowest BCUT2D eigenvalue weighted by Gasteiger charge is -2.30. The zero-order valence-electron chi connectivity index (χ0n) is 11.5. The molecule has 1 unspecified atom stereocenters. The highest BCUT2D eigenvalue weighted by Crippen LogP contribution is 2.69. The topological polar surface area (TPSA) is 110 Å². The molecule has 146 valence electrons. The lowest BCUT2D eigenvalue weighted by Crippen LogP contribution is -2.55. The smallest absolute Gasteiger partial charge is 0.455 e. The fourth-order valence-corrected chi connectivity index (χ4v) is 2.88. The summed E-state index contributed by atoms with van der Waals surface area (Å²) in [5.74, 6) is -7.16. The second kappa shape index (κ2) is 7.19. The van der Waals surface area contributed by atoms with Crippen LogP contribution in [-0.4, -0.2) is 54.5 Å². The van der Waals surface area contributed by atoms with E-state index < -0.39 is 61.8 Å². The van der Waals surface area contributed by atoms with Crippen LogP contribution in [0.25, 0.3) is 0 Å². The Labute approximate surface area is 131 Å². The Hall–Kier alpha value is -0.840. The van der Waals surface area contributed by atoms with Crippen molar-refractivity contribution in [1.82, 2.24) is 0 Å². The van der Waals surface area contributed by atoms with E-state index in [-0.39, 0.29) is 0 Å². The Kier molecular flexibility index (Phi) is 6.93. The van der Waals surface area contributed by atoms with E-state index in [0.29, 0.717) is 0 Å². The SMILES string of the molecule is CCOC(=O)C(O)(OCCC(F)(F)S(F)(F)S(=O)(=O)O)C(F)(F)F. The molecule has 0 spiro atoms. The molecule has 0 radical (unpaired) electrons. The van der Waals surface area contributed by atoms with Gasteiger partial charge in [0.1, 0.15) is 0 Å². The third-order valence-corrected chi connectivity index (χ3v) is 6.00. The molecule has 0 saturated carbocycles. The molecule has 0 aliphatic carbocycles. The molecule has 0 aromatic carbocycles. The van der Waals surface area contributed by atoms with Gasteiger partial charge in [0.2, 0.25) is 0 Å². The molecule has 0 saturated heterocycles. The van der Waals surface area contributed by atoms with Gasteiger partial charge in [-0.15, -0.1) is 7.77 Å². The third kappa shape index (κ3) is 4.62. The summed E-state index contributed by atoms with van der Waals surface area (Å²) in [7, 11) is -13.5. The highest BCUT2D eigenvalue weighted by Gasteiger charge is 2.64. The first kappa shape index (κ1) is 23.2. The van der Waals surface area contributed by atoms with E-state index >= 15 is 0 Å². The largest absolute Gasteiger partial charge is 0.462 e. The maximum atomic E-state index is 13.1. The van der Waals surface area contributed by atoms with E-state index in [9.17, 15) is 42.9 Å². The normalized spacial score (nSPS) is 17.2.